The zero-order chi connectivity index (χ0) is 15.7. The van der Waals surface area contributed by atoms with E-state index in [1.54, 1.807) is 0 Å². The lowest BCUT2D eigenvalue weighted by molar-refractivity contribution is 1.10. The fourth-order valence-corrected chi connectivity index (χ4v) is 2.44. The van der Waals surface area contributed by atoms with Gasteiger partial charge >= 0.3 is 0 Å². The zero-order valence-electron chi connectivity index (χ0n) is 13.7. The van der Waals surface area contributed by atoms with Gasteiger partial charge < -0.3 is 0 Å². The molecule has 0 radical (unpaired) electrons. The molecule has 0 unspecified atom stereocenters. The molecule has 1 heteroatoms. The van der Waals surface area contributed by atoms with Crippen LogP contribution in [0, 0.1) is 0 Å². The second-order valence-electron chi connectivity index (χ2n) is 5.16. The number of rotatable bonds is 4. The van der Waals surface area contributed by atoms with Crippen molar-refractivity contribution < 1.29 is 0 Å². The third-order valence-corrected chi connectivity index (χ3v) is 4.10. The van der Waals surface area contributed by atoms with Gasteiger partial charge in [0.1, 0.15) is 0 Å². The fraction of sp³-hybridized carbons (Fsp3) is 0.455. The molecule has 0 amide bonds. The standard InChI is InChI=1S/C10H13Cl.C10H14.2CH4/c1-3-8-5-6-9(4-2)10(11)7-8;1-3-9-5-7-10(4-2)8-6-9;;/h5-7H,3-4H2,1-2H3;5-8H,3-4H2,1-2H3;2*1H4. The van der Waals surface area contributed by atoms with Crippen molar-refractivity contribution >= 4 is 11.6 Å². The van der Waals surface area contributed by atoms with Crippen LogP contribution in [-0.2, 0) is 25.7 Å². The van der Waals surface area contributed by atoms with E-state index in [0.29, 0.717) is 0 Å². The Balaban J connectivity index is 0. The first-order chi connectivity index (χ1) is 10.1. The Morgan fingerprint density at radius 3 is 1.30 bits per heavy atom. The van der Waals surface area contributed by atoms with Gasteiger partial charge in [-0.15, -0.1) is 0 Å². The molecular formula is C22H35Cl. The molecule has 23 heavy (non-hydrogen) atoms. The molecule has 130 valence electrons. The van der Waals surface area contributed by atoms with Gasteiger partial charge in [0.05, 0.1) is 0 Å². The SMILES string of the molecule is C.C.CCc1ccc(CC)c(Cl)c1.CCc1ccc(CC)cc1. The summed E-state index contributed by atoms with van der Waals surface area (Å²) in [4.78, 5) is 0. The number of benzene rings is 2. The monoisotopic (exact) mass is 334 g/mol. The minimum absolute atomic E-state index is 0. The van der Waals surface area contributed by atoms with Gasteiger partial charge in [-0.1, -0.05) is 90.5 Å². The van der Waals surface area contributed by atoms with Gasteiger partial charge in [-0.2, -0.15) is 0 Å². The van der Waals surface area contributed by atoms with Crippen LogP contribution in [0.25, 0.3) is 0 Å². The number of hydrogen-bond acceptors (Lipinski definition) is 0. The third kappa shape index (κ3) is 8.23. The Bertz CT molecular complexity index is 503. The smallest absolute Gasteiger partial charge is 0.0440 e. The Morgan fingerprint density at radius 1 is 0.609 bits per heavy atom. The number of aryl methyl sites for hydroxylation is 4. The molecule has 0 aliphatic rings. The van der Waals surface area contributed by atoms with E-state index >= 15 is 0 Å². The van der Waals surface area contributed by atoms with Gasteiger partial charge in [0.15, 0.2) is 0 Å². The molecule has 2 aromatic rings. The van der Waals surface area contributed by atoms with Crippen molar-refractivity contribution in [2.45, 2.75) is 68.2 Å². The maximum Gasteiger partial charge on any atom is 0.0440 e. The normalized spacial score (nSPS) is 9.09. The topological polar surface area (TPSA) is 0 Å². The molecule has 2 aromatic carbocycles. The van der Waals surface area contributed by atoms with Gasteiger partial charge in [-0.05, 0) is 54.0 Å². The van der Waals surface area contributed by atoms with Crippen molar-refractivity contribution in [3.8, 4) is 0 Å². The summed E-state index contributed by atoms with van der Waals surface area (Å²) in [5.74, 6) is 0. The summed E-state index contributed by atoms with van der Waals surface area (Å²) < 4.78 is 0. The van der Waals surface area contributed by atoms with E-state index in [0.717, 1.165) is 30.7 Å². The van der Waals surface area contributed by atoms with Crippen LogP contribution in [0.3, 0.4) is 0 Å². The lowest BCUT2D eigenvalue weighted by Crippen LogP contribution is -1.85. The second-order valence-corrected chi connectivity index (χ2v) is 5.56. The van der Waals surface area contributed by atoms with Crippen LogP contribution >= 0.6 is 11.6 Å². The average molecular weight is 335 g/mol. The highest BCUT2D eigenvalue weighted by molar-refractivity contribution is 6.31. The predicted molar refractivity (Wildman–Crippen MR) is 109 cm³/mol. The van der Waals surface area contributed by atoms with Crippen molar-refractivity contribution in [3.05, 3.63) is 69.7 Å². The van der Waals surface area contributed by atoms with Crippen LogP contribution in [0.5, 0.6) is 0 Å². The van der Waals surface area contributed by atoms with Crippen LogP contribution in [0.2, 0.25) is 5.02 Å². The molecule has 0 aromatic heterocycles. The van der Waals surface area contributed by atoms with Crippen LogP contribution in [0.15, 0.2) is 42.5 Å². The fourth-order valence-electron chi connectivity index (χ4n) is 2.11. The maximum absolute atomic E-state index is 6.01. The molecule has 0 spiro atoms. The van der Waals surface area contributed by atoms with E-state index in [1.807, 2.05) is 0 Å². The number of halogens is 1. The first kappa shape index (κ1) is 24.0. The van der Waals surface area contributed by atoms with E-state index in [-0.39, 0.29) is 14.9 Å². The van der Waals surface area contributed by atoms with Gasteiger partial charge in [0.2, 0.25) is 0 Å². The van der Waals surface area contributed by atoms with E-state index in [2.05, 4.69) is 70.2 Å². The molecule has 0 N–H and O–H groups in total. The summed E-state index contributed by atoms with van der Waals surface area (Å²) >= 11 is 6.01. The van der Waals surface area contributed by atoms with Crippen LogP contribution in [-0.4, -0.2) is 0 Å². The Labute approximate surface area is 149 Å². The first-order valence-corrected chi connectivity index (χ1v) is 8.37. The average Bonchev–Trinajstić information content (AvgIpc) is 2.55. The molecule has 2 rings (SSSR count). The maximum atomic E-state index is 6.01. The van der Waals surface area contributed by atoms with Gasteiger partial charge in [-0.3, -0.25) is 0 Å². The highest BCUT2D eigenvalue weighted by Gasteiger charge is 1.97. The van der Waals surface area contributed by atoms with Crippen molar-refractivity contribution in [3.63, 3.8) is 0 Å². The van der Waals surface area contributed by atoms with E-state index in [9.17, 15) is 0 Å². The van der Waals surface area contributed by atoms with Gasteiger partial charge in [-0.25, -0.2) is 0 Å². The summed E-state index contributed by atoms with van der Waals surface area (Å²) in [5, 5.41) is 0.909. The molecule has 0 saturated heterocycles. The van der Waals surface area contributed by atoms with Crippen molar-refractivity contribution in [2.24, 2.45) is 0 Å². The Morgan fingerprint density at radius 2 is 1.00 bits per heavy atom. The largest absolute Gasteiger partial charge is 0.0840 e. The minimum atomic E-state index is 0. The van der Waals surface area contributed by atoms with Crippen molar-refractivity contribution in [1.82, 2.24) is 0 Å². The molecule has 0 nitrogen and oxygen atoms in total. The highest BCUT2D eigenvalue weighted by Crippen LogP contribution is 2.18. The molecule has 0 aliphatic heterocycles. The lowest BCUT2D eigenvalue weighted by atomic mass is 10.1. The molecule has 0 aliphatic carbocycles. The molecule has 0 saturated carbocycles. The zero-order valence-corrected chi connectivity index (χ0v) is 14.5. The second kappa shape index (κ2) is 13.2. The molecule has 0 fully saturated rings. The predicted octanol–water partition coefficient (Wildman–Crippen LogP) is 7.55. The third-order valence-electron chi connectivity index (χ3n) is 3.75. The molecular weight excluding hydrogens is 300 g/mol. The Hall–Kier alpha value is -1.27. The first-order valence-electron chi connectivity index (χ1n) is 7.99. The van der Waals surface area contributed by atoms with Crippen LogP contribution < -0.4 is 0 Å². The number of hydrogen-bond donors (Lipinski definition) is 0. The van der Waals surface area contributed by atoms with E-state index in [4.69, 9.17) is 11.6 Å². The summed E-state index contributed by atoms with van der Waals surface area (Å²) in [5.41, 5.74) is 5.41. The van der Waals surface area contributed by atoms with Crippen molar-refractivity contribution in [2.75, 3.05) is 0 Å². The van der Waals surface area contributed by atoms with E-state index in [1.165, 1.54) is 22.3 Å². The van der Waals surface area contributed by atoms with Crippen LogP contribution in [0.4, 0.5) is 0 Å². The molecule has 0 heterocycles. The van der Waals surface area contributed by atoms with Crippen LogP contribution in [0.1, 0.15) is 64.8 Å². The minimum Gasteiger partial charge on any atom is -0.0840 e. The molecule has 0 atom stereocenters. The Kier molecular flexibility index (Phi) is 13.8. The quantitative estimate of drug-likeness (QED) is 0.541. The van der Waals surface area contributed by atoms with Gasteiger partial charge in [0.25, 0.3) is 0 Å². The highest BCUT2D eigenvalue weighted by atomic mass is 35.5. The van der Waals surface area contributed by atoms with Crippen molar-refractivity contribution in [1.29, 1.82) is 0 Å². The van der Waals surface area contributed by atoms with E-state index < -0.39 is 0 Å². The summed E-state index contributed by atoms with van der Waals surface area (Å²) in [6, 6.07) is 15.1. The lowest BCUT2D eigenvalue weighted by Gasteiger charge is -2.02. The summed E-state index contributed by atoms with van der Waals surface area (Å²) in [6.07, 6.45) is 4.36. The summed E-state index contributed by atoms with van der Waals surface area (Å²) in [6.45, 7) is 8.62. The summed E-state index contributed by atoms with van der Waals surface area (Å²) in [7, 11) is 0. The van der Waals surface area contributed by atoms with Gasteiger partial charge in [0, 0.05) is 5.02 Å². The molecule has 0 bridgehead atoms.